The highest BCUT2D eigenvalue weighted by atomic mass is 35.5. The number of hydrogen-bond donors (Lipinski definition) is 2. The highest BCUT2D eigenvalue weighted by Crippen LogP contribution is 2.26. The van der Waals surface area contributed by atoms with Crippen LogP contribution in [-0.2, 0) is 6.42 Å². The molecule has 1 heterocycles. The molecule has 138 valence electrons. The Labute approximate surface area is 164 Å². The Morgan fingerprint density at radius 2 is 1.89 bits per heavy atom. The second kappa shape index (κ2) is 9.19. The van der Waals surface area contributed by atoms with Crippen molar-refractivity contribution in [1.82, 2.24) is 10.3 Å². The zero-order valence-electron chi connectivity index (χ0n) is 15.2. The van der Waals surface area contributed by atoms with Gasteiger partial charge in [0, 0.05) is 23.5 Å². The van der Waals surface area contributed by atoms with Crippen LogP contribution in [0.1, 0.15) is 27.9 Å². The summed E-state index contributed by atoms with van der Waals surface area (Å²) < 4.78 is 0. The van der Waals surface area contributed by atoms with Gasteiger partial charge in [0.1, 0.15) is 0 Å². The van der Waals surface area contributed by atoms with Crippen molar-refractivity contribution in [3.8, 4) is 0 Å². The summed E-state index contributed by atoms with van der Waals surface area (Å²) in [6.07, 6.45) is 5.09. The summed E-state index contributed by atoms with van der Waals surface area (Å²) in [5.41, 5.74) is 4.40. The molecule has 4 nitrogen and oxygen atoms in total. The number of aryl methyl sites for hydroxylation is 1. The molecule has 2 aromatic carbocycles. The van der Waals surface area contributed by atoms with E-state index >= 15 is 0 Å². The number of rotatable bonds is 7. The number of halogens is 1. The first-order chi connectivity index (χ1) is 13.1. The van der Waals surface area contributed by atoms with Gasteiger partial charge in [0.15, 0.2) is 0 Å². The van der Waals surface area contributed by atoms with Crippen LogP contribution >= 0.6 is 11.6 Å². The summed E-state index contributed by atoms with van der Waals surface area (Å²) >= 11 is 6.16. The summed E-state index contributed by atoms with van der Waals surface area (Å²) in [6.45, 7) is 2.57. The molecule has 0 aliphatic rings. The maximum atomic E-state index is 12.4. The molecule has 0 bridgehead atoms. The highest BCUT2D eigenvalue weighted by Gasteiger charge is 2.08. The Bertz CT molecular complexity index is 912. The lowest BCUT2D eigenvalue weighted by atomic mass is 10.1. The van der Waals surface area contributed by atoms with Crippen LogP contribution in [-0.4, -0.2) is 17.4 Å². The van der Waals surface area contributed by atoms with Crippen molar-refractivity contribution in [2.45, 2.75) is 19.8 Å². The first-order valence-electron chi connectivity index (χ1n) is 8.93. The average Bonchev–Trinajstić information content (AvgIpc) is 2.70. The Hall–Kier alpha value is -2.85. The predicted octanol–water partition coefficient (Wildman–Crippen LogP) is 5.15. The number of nitrogens with zero attached hydrogens (tertiary/aromatic N) is 1. The van der Waals surface area contributed by atoms with Crippen LogP contribution in [0.3, 0.4) is 0 Å². The van der Waals surface area contributed by atoms with Crippen LogP contribution in [0.2, 0.25) is 5.02 Å². The van der Waals surface area contributed by atoms with E-state index in [2.05, 4.69) is 27.8 Å². The maximum absolute atomic E-state index is 12.4. The topological polar surface area (TPSA) is 54.0 Å². The van der Waals surface area contributed by atoms with Gasteiger partial charge in [-0.3, -0.25) is 9.78 Å². The van der Waals surface area contributed by atoms with Crippen molar-refractivity contribution < 1.29 is 4.79 Å². The smallest absolute Gasteiger partial charge is 0.252 e. The van der Waals surface area contributed by atoms with Crippen LogP contribution in [0.15, 0.2) is 67.0 Å². The fourth-order valence-corrected chi connectivity index (χ4v) is 2.95. The number of carbonyl (C=O) groups is 1. The molecule has 0 unspecified atom stereocenters. The first kappa shape index (κ1) is 18.9. The maximum Gasteiger partial charge on any atom is 0.252 e. The average molecular weight is 380 g/mol. The van der Waals surface area contributed by atoms with Gasteiger partial charge in [-0.05, 0) is 49.1 Å². The summed E-state index contributed by atoms with van der Waals surface area (Å²) in [6, 6.07) is 17.7. The molecular weight excluding hydrogens is 358 g/mol. The molecule has 1 aromatic heterocycles. The van der Waals surface area contributed by atoms with Gasteiger partial charge >= 0.3 is 0 Å². The normalized spacial score (nSPS) is 10.4. The Morgan fingerprint density at radius 1 is 1.07 bits per heavy atom. The third-order valence-electron chi connectivity index (χ3n) is 4.32. The number of aromatic nitrogens is 1. The van der Waals surface area contributed by atoms with E-state index in [0.717, 1.165) is 29.8 Å². The first-order valence-corrected chi connectivity index (χ1v) is 9.30. The van der Waals surface area contributed by atoms with Gasteiger partial charge in [-0.1, -0.05) is 48.0 Å². The largest absolute Gasteiger partial charge is 0.354 e. The number of benzene rings is 2. The van der Waals surface area contributed by atoms with E-state index in [0.29, 0.717) is 17.1 Å². The summed E-state index contributed by atoms with van der Waals surface area (Å²) in [5.74, 6) is -0.123. The molecule has 0 saturated carbocycles. The van der Waals surface area contributed by atoms with Crippen molar-refractivity contribution in [2.75, 3.05) is 11.9 Å². The van der Waals surface area contributed by atoms with Gasteiger partial charge in [0.25, 0.3) is 5.91 Å². The standard InChI is InChI=1S/C22H22ClN3O/c1-16-20(23)10-5-11-21(16)26-19-13-18(14-24-15-19)22(27)25-12-6-9-17-7-3-2-4-8-17/h2-5,7-8,10-11,13-15,26H,6,9,12H2,1H3,(H,25,27). The lowest BCUT2D eigenvalue weighted by Crippen LogP contribution is -2.25. The Morgan fingerprint density at radius 3 is 2.70 bits per heavy atom. The second-order valence-electron chi connectivity index (χ2n) is 6.34. The minimum absolute atomic E-state index is 0.123. The van der Waals surface area contributed by atoms with Gasteiger partial charge in [-0.25, -0.2) is 0 Å². The van der Waals surface area contributed by atoms with Crippen molar-refractivity contribution in [3.63, 3.8) is 0 Å². The van der Waals surface area contributed by atoms with Gasteiger partial charge in [-0.15, -0.1) is 0 Å². The Balaban J connectivity index is 1.56. The lowest BCUT2D eigenvalue weighted by Gasteiger charge is -2.11. The van der Waals surface area contributed by atoms with Crippen LogP contribution in [0.4, 0.5) is 11.4 Å². The van der Waals surface area contributed by atoms with Crippen molar-refractivity contribution in [1.29, 1.82) is 0 Å². The van der Waals surface area contributed by atoms with Crippen LogP contribution in [0.5, 0.6) is 0 Å². The van der Waals surface area contributed by atoms with E-state index in [-0.39, 0.29) is 5.91 Å². The van der Waals surface area contributed by atoms with Crippen LogP contribution < -0.4 is 10.6 Å². The Kier molecular flexibility index (Phi) is 6.44. The molecule has 1 amide bonds. The molecular formula is C22H22ClN3O. The molecule has 3 aromatic rings. The summed E-state index contributed by atoms with van der Waals surface area (Å²) in [7, 11) is 0. The molecule has 27 heavy (non-hydrogen) atoms. The molecule has 0 spiro atoms. The van der Waals surface area contributed by atoms with Crippen molar-refractivity contribution in [2.24, 2.45) is 0 Å². The zero-order chi connectivity index (χ0) is 19.1. The van der Waals surface area contributed by atoms with E-state index in [1.165, 1.54) is 5.56 Å². The third kappa shape index (κ3) is 5.31. The molecule has 5 heteroatoms. The van der Waals surface area contributed by atoms with Crippen molar-refractivity contribution in [3.05, 3.63) is 88.7 Å². The number of amides is 1. The van der Waals surface area contributed by atoms with Gasteiger partial charge < -0.3 is 10.6 Å². The monoisotopic (exact) mass is 379 g/mol. The minimum atomic E-state index is -0.123. The van der Waals surface area contributed by atoms with E-state index in [1.54, 1.807) is 18.5 Å². The fourth-order valence-electron chi connectivity index (χ4n) is 2.77. The lowest BCUT2D eigenvalue weighted by molar-refractivity contribution is 0.0953. The predicted molar refractivity (Wildman–Crippen MR) is 111 cm³/mol. The summed E-state index contributed by atoms with van der Waals surface area (Å²) in [5, 5.41) is 6.92. The van der Waals surface area contributed by atoms with Gasteiger partial charge in [0.2, 0.25) is 0 Å². The number of hydrogen-bond acceptors (Lipinski definition) is 3. The van der Waals surface area contributed by atoms with Gasteiger partial charge in [0.05, 0.1) is 17.4 Å². The number of anilines is 2. The van der Waals surface area contributed by atoms with E-state index in [4.69, 9.17) is 11.6 Å². The third-order valence-corrected chi connectivity index (χ3v) is 4.73. The fraction of sp³-hybridized carbons (Fsp3) is 0.182. The quantitative estimate of drug-likeness (QED) is 0.558. The van der Waals surface area contributed by atoms with E-state index in [1.807, 2.05) is 43.3 Å². The summed E-state index contributed by atoms with van der Waals surface area (Å²) in [4.78, 5) is 16.6. The molecule has 0 fully saturated rings. The molecule has 0 aliphatic heterocycles. The molecule has 2 N–H and O–H groups in total. The number of nitrogens with one attached hydrogen (secondary N) is 2. The van der Waals surface area contributed by atoms with Crippen molar-refractivity contribution >= 4 is 28.9 Å². The van der Waals surface area contributed by atoms with E-state index < -0.39 is 0 Å². The number of carbonyl (C=O) groups excluding carboxylic acids is 1. The number of pyridine rings is 1. The molecule has 0 saturated heterocycles. The van der Waals surface area contributed by atoms with Gasteiger partial charge in [-0.2, -0.15) is 0 Å². The minimum Gasteiger partial charge on any atom is -0.354 e. The molecule has 0 atom stereocenters. The molecule has 0 aliphatic carbocycles. The zero-order valence-corrected chi connectivity index (χ0v) is 16.0. The second-order valence-corrected chi connectivity index (χ2v) is 6.75. The molecule has 3 rings (SSSR count). The SMILES string of the molecule is Cc1c(Cl)cccc1Nc1cncc(C(=O)NCCCc2ccccc2)c1. The van der Waals surface area contributed by atoms with E-state index in [9.17, 15) is 4.79 Å². The molecule has 0 radical (unpaired) electrons. The highest BCUT2D eigenvalue weighted by molar-refractivity contribution is 6.31. The van der Waals surface area contributed by atoms with Crippen LogP contribution in [0, 0.1) is 6.92 Å². The van der Waals surface area contributed by atoms with Crippen LogP contribution in [0.25, 0.3) is 0 Å².